The average Bonchev–Trinajstić information content (AvgIpc) is 3.11. The normalized spacial score (nSPS) is 18.7. The van der Waals surface area contributed by atoms with Gasteiger partial charge in [0.2, 0.25) is 5.91 Å². The van der Waals surface area contributed by atoms with Crippen LogP contribution < -0.4 is 5.32 Å². The molecule has 0 aromatic carbocycles. The highest BCUT2D eigenvalue weighted by molar-refractivity contribution is 5.80. The number of hydrogen-bond acceptors (Lipinski definition) is 10. The Labute approximate surface area is 546 Å². The van der Waals surface area contributed by atoms with E-state index in [9.17, 15) is 35.1 Å². The molecule has 8 unspecified atom stereocenters. The number of hydrogen-bond donors (Lipinski definition) is 6. The Balaban J connectivity index is 2.57. The van der Waals surface area contributed by atoms with E-state index in [1.165, 1.54) is 173 Å². The minimum Gasteiger partial charge on any atom is -0.454 e. The first kappa shape index (κ1) is 83.6. The first-order valence-electron chi connectivity index (χ1n) is 37.0. The summed E-state index contributed by atoms with van der Waals surface area (Å²) in [5.74, 6) is -1.20. The van der Waals surface area contributed by atoms with Gasteiger partial charge in [-0.1, -0.05) is 311 Å². The zero-order valence-corrected chi connectivity index (χ0v) is 57.3. The zero-order valence-electron chi connectivity index (χ0n) is 57.3. The number of aliphatic hydroxyl groups is 5. The van der Waals surface area contributed by atoms with Gasteiger partial charge < -0.3 is 45.1 Å². The Hall–Kier alpha value is -3.42. The van der Waals surface area contributed by atoms with Crippen LogP contribution in [0, 0.1) is 0 Å². The Kier molecular flexibility index (Phi) is 60.7. The van der Waals surface area contributed by atoms with E-state index < -0.39 is 67.4 Å². The smallest absolute Gasteiger partial charge is 0.306 e. The van der Waals surface area contributed by atoms with Crippen molar-refractivity contribution in [3.8, 4) is 0 Å². The fourth-order valence-electron chi connectivity index (χ4n) is 11.2. The lowest BCUT2D eigenvalue weighted by Gasteiger charge is -2.41. The summed E-state index contributed by atoms with van der Waals surface area (Å²) in [7, 11) is 0. The molecule has 1 aliphatic heterocycles. The third kappa shape index (κ3) is 51.7. The number of carbonyl (C=O) groups is 2. The molecule has 0 radical (unpaired) electrons. The quantitative estimate of drug-likeness (QED) is 0.0195. The Morgan fingerprint density at radius 1 is 0.449 bits per heavy atom. The SMILES string of the molecule is CC/C=C\C/C=C\C/C=C\C/C=C\C/C=C\CCCCCCCCCCCCC(O)C(=O)NC(COC1OC(CO)C(O)C(O)C1OC(=O)CCCCCCCCCCCCC/C=C\C/C=C\CCCCC)C(O)/C=C/CCCCCCCCCCCCC. The lowest BCUT2D eigenvalue weighted by molar-refractivity contribution is -0.305. The third-order valence-electron chi connectivity index (χ3n) is 17.0. The summed E-state index contributed by atoms with van der Waals surface area (Å²) in [4.78, 5) is 26.7. The van der Waals surface area contributed by atoms with Gasteiger partial charge in [-0.3, -0.25) is 9.59 Å². The third-order valence-corrected chi connectivity index (χ3v) is 17.0. The van der Waals surface area contributed by atoms with E-state index >= 15 is 0 Å². The highest BCUT2D eigenvalue weighted by Gasteiger charge is 2.47. The number of aliphatic hydroxyl groups excluding tert-OH is 5. The second kappa shape index (κ2) is 64.7. The van der Waals surface area contributed by atoms with E-state index in [-0.39, 0.29) is 19.4 Å². The number of allylic oxidation sites excluding steroid dienone is 15. The number of unbranched alkanes of at least 4 members (excludes halogenated alkanes) is 35. The van der Waals surface area contributed by atoms with Crippen molar-refractivity contribution >= 4 is 11.9 Å². The van der Waals surface area contributed by atoms with Gasteiger partial charge in [0.1, 0.15) is 24.4 Å². The topological polar surface area (TPSA) is 175 Å². The van der Waals surface area contributed by atoms with Crippen molar-refractivity contribution in [2.45, 2.75) is 372 Å². The Morgan fingerprint density at radius 3 is 1.24 bits per heavy atom. The maximum atomic E-state index is 13.5. The molecule has 1 aliphatic rings. The standard InChI is InChI=1S/C78H137NO10/c1-4-7-10-13-16-19-22-25-27-29-31-33-34-35-36-37-39-40-42-44-47-50-53-56-59-62-65-71(82)77(86)79-69(70(81)64-61-58-55-52-49-46-24-21-18-15-12-9-6-3)68-87-78-76(75(85)74(84)72(67-80)88-78)89-73(83)66-63-60-57-54-51-48-45-43-41-38-32-30-28-26-23-20-17-14-11-8-5-2/h7,10,16-17,19-20,25-28,31,33,35-36,61,64,69-72,74-76,78,80-82,84-85H,4-6,8-9,11-15,18,21-24,29-30,32,34,37-60,62-63,65-68H2,1-3H3,(H,79,86)/b10-7-,19-16-,20-17-,27-25-,28-26-,33-31-,36-35-,64-61+. The van der Waals surface area contributed by atoms with Crippen LogP contribution in [0.15, 0.2) is 97.2 Å². The molecule has 0 spiro atoms. The average molecular weight is 1250 g/mol. The Morgan fingerprint density at radius 2 is 0.809 bits per heavy atom. The van der Waals surface area contributed by atoms with Gasteiger partial charge in [-0.25, -0.2) is 0 Å². The van der Waals surface area contributed by atoms with Gasteiger partial charge in [0.25, 0.3) is 0 Å². The molecule has 89 heavy (non-hydrogen) atoms. The number of rotatable bonds is 63. The van der Waals surface area contributed by atoms with Crippen LogP contribution in [-0.2, 0) is 23.8 Å². The number of nitrogens with one attached hydrogen (secondary N) is 1. The molecule has 0 aromatic rings. The van der Waals surface area contributed by atoms with Crippen LogP contribution in [0.3, 0.4) is 0 Å². The first-order valence-corrected chi connectivity index (χ1v) is 37.0. The molecule has 0 aliphatic carbocycles. The van der Waals surface area contributed by atoms with Gasteiger partial charge in [-0.2, -0.15) is 0 Å². The predicted octanol–water partition coefficient (Wildman–Crippen LogP) is 19.4. The minimum atomic E-state index is -1.62. The lowest BCUT2D eigenvalue weighted by atomic mass is 9.99. The van der Waals surface area contributed by atoms with Crippen molar-refractivity contribution in [3.63, 3.8) is 0 Å². The summed E-state index contributed by atoms with van der Waals surface area (Å²) in [6, 6.07) is -1.03. The Bertz CT molecular complexity index is 1820. The molecule has 11 nitrogen and oxygen atoms in total. The van der Waals surface area contributed by atoms with E-state index in [1.54, 1.807) is 6.08 Å². The van der Waals surface area contributed by atoms with Crippen LogP contribution in [0.25, 0.3) is 0 Å². The fraction of sp³-hybridized carbons (Fsp3) is 0.769. The lowest BCUT2D eigenvalue weighted by Crippen LogP contribution is -2.61. The molecule has 1 amide bonds. The van der Waals surface area contributed by atoms with Crippen molar-refractivity contribution in [1.82, 2.24) is 5.32 Å². The van der Waals surface area contributed by atoms with Crippen LogP contribution in [-0.4, -0.2) is 99.6 Å². The van der Waals surface area contributed by atoms with Crippen molar-refractivity contribution in [1.29, 1.82) is 0 Å². The highest BCUT2D eigenvalue weighted by atomic mass is 16.7. The molecule has 1 saturated heterocycles. The summed E-state index contributed by atoms with van der Waals surface area (Å²) in [5, 5.41) is 57.4. The fourth-order valence-corrected chi connectivity index (χ4v) is 11.2. The number of amides is 1. The van der Waals surface area contributed by atoms with Crippen LogP contribution in [0.5, 0.6) is 0 Å². The molecule has 0 aromatic heterocycles. The van der Waals surface area contributed by atoms with Gasteiger partial charge in [0, 0.05) is 6.42 Å². The molecular formula is C78H137NO10. The van der Waals surface area contributed by atoms with Crippen LogP contribution in [0.1, 0.15) is 323 Å². The van der Waals surface area contributed by atoms with Crippen molar-refractivity contribution < 1.29 is 49.3 Å². The maximum absolute atomic E-state index is 13.5. The number of carbonyl (C=O) groups excluding carboxylic acids is 2. The minimum absolute atomic E-state index is 0.119. The molecule has 1 rings (SSSR count). The number of ether oxygens (including phenoxy) is 3. The largest absolute Gasteiger partial charge is 0.454 e. The van der Waals surface area contributed by atoms with Gasteiger partial charge in [-0.15, -0.1) is 0 Å². The maximum Gasteiger partial charge on any atom is 0.306 e. The molecule has 1 heterocycles. The van der Waals surface area contributed by atoms with Gasteiger partial charge >= 0.3 is 5.97 Å². The summed E-state index contributed by atoms with van der Waals surface area (Å²) >= 11 is 0. The van der Waals surface area contributed by atoms with Crippen LogP contribution in [0.2, 0.25) is 0 Å². The van der Waals surface area contributed by atoms with Crippen molar-refractivity contribution in [2.24, 2.45) is 0 Å². The molecule has 1 fully saturated rings. The molecule has 11 heteroatoms. The van der Waals surface area contributed by atoms with Gasteiger partial charge in [0.05, 0.1) is 25.4 Å². The second-order valence-electron chi connectivity index (χ2n) is 25.3. The molecule has 0 saturated carbocycles. The first-order chi connectivity index (χ1) is 43.7. The van der Waals surface area contributed by atoms with Gasteiger partial charge in [0.15, 0.2) is 12.4 Å². The molecule has 6 N–H and O–H groups in total. The summed E-state index contributed by atoms with van der Waals surface area (Å²) in [6.45, 7) is 5.69. The van der Waals surface area contributed by atoms with Gasteiger partial charge in [-0.05, 0) is 103 Å². The highest BCUT2D eigenvalue weighted by Crippen LogP contribution is 2.26. The van der Waals surface area contributed by atoms with Crippen LogP contribution >= 0.6 is 0 Å². The molecule has 514 valence electrons. The summed E-state index contributed by atoms with van der Waals surface area (Å²) in [5.41, 5.74) is 0. The summed E-state index contributed by atoms with van der Waals surface area (Å²) in [6.07, 6.45) is 77.2. The zero-order chi connectivity index (χ0) is 64.6. The van der Waals surface area contributed by atoms with E-state index in [0.717, 1.165) is 103 Å². The monoisotopic (exact) mass is 1250 g/mol. The molecular weight excluding hydrogens is 1110 g/mol. The predicted molar refractivity (Wildman–Crippen MR) is 375 cm³/mol. The molecule has 0 bridgehead atoms. The van der Waals surface area contributed by atoms with Crippen molar-refractivity contribution in [2.75, 3.05) is 13.2 Å². The molecule has 8 atom stereocenters. The second-order valence-corrected chi connectivity index (χ2v) is 25.3. The van der Waals surface area contributed by atoms with E-state index in [4.69, 9.17) is 14.2 Å². The van der Waals surface area contributed by atoms with Crippen molar-refractivity contribution in [3.05, 3.63) is 97.2 Å². The number of esters is 1. The van der Waals surface area contributed by atoms with E-state index in [0.29, 0.717) is 12.8 Å². The van der Waals surface area contributed by atoms with E-state index in [2.05, 4.69) is 111 Å². The van der Waals surface area contributed by atoms with E-state index in [1.807, 2.05) is 6.08 Å². The summed E-state index contributed by atoms with van der Waals surface area (Å²) < 4.78 is 17.7. The van der Waals surface area contributed by atoms with Crippen LogP contribution in [0.4, 0.5) is 0 Å².